The van der Waals surface area contributed by atoms with Crippen molar-refractivity contribution in [1.82, 2.24) is 14.8 Å². The highest BCUT2D eigenvalue weighted by atomic mass is 32.2. The van der Waals surface area contributed by atoms with E-state index in [0.29, 0.717) is 30.8 Å². The number of benzene rings is 2. The van der Waals surface area contributed by atoms with Crippen molar-refractivity contribution in [2.24, 2.45) is 11.1 Å². The van der Waals surface area contributed by atoms with E-state index in [4.69, 9.17) is 10.8 Å². The zero-order chi connectivity index (χ0) is 34.7. The Morgan fingerprint density at radius 3 is 2.34 bits per heavy atom. The van der Waals surface area contributed by atoms with Crippen LogP contribution < -0.4 is 11.1 Å². The van der Waals surface area contributed by atoms with Gasteiger partial charge in [0.15, 0.2) is 0 Å². The van der Waals surface area contributed by atoms with Crippen LogP contribution in [0, 0.1) is 17.0 Å². The maximum absolute atomic E-state index is 15.0. The van der Waals surface area contributed by atoms with Crippen LogP contribution in [-0.2, 0) is 25.7 Å². The molecule has 0 aliphatic carbocycles. The number of hydrogen-bond donors (Lipinski definition) is 4. The Morgan fingerprint density at radius 2 is 1.72 bits per heavy atom. The molecule has 1 heterocycles. The maximum Gasteiger partial charge on any atom is 0.327 e. The molecule has 5 N–H and O–H groups in total. The van der Waals surface area contributed by atoms with Gasteiger partial charge in [-0.3, -0.25) is 14.4 Å². The lowest BCUT2D eigenvalue weighted by Crippen LogP contribution is -2.45. The largest absolute Gasteiger partial charge is 0.481 e. The summed E-state index contributed by atoms with van der Waals surface area (Å²) < 4.78 is 31.2. The molecule has 0 saturated heterocycles. The number of thioether (sulfide) groups is 1. The molecule has 254 valence electrons. The number of aromatic nitrogens is 1. The van der Waals surface area contributed by atoms with Gasteiger partial charge in [0.2, 0.25) is 11.8 Å². The summed E-state index contributed by atoms with van der Waals surface area (Å²) in [6.45, 7) is 6.92. The molecule has 0 radical (unpaired) electrons. The summed E-state index contributed by atoms with van der Waals surface area (Å²) >= 11 is 1.03. The first-order valence-corrected chi connectivity index (χ1v) is 16.4. The lowest BCUT2D eigenvalue weighted by Gasteiger charge is -2.41. The van der Waals surface area contributed by atoms with Crippen molar-refractivity contribution in [2.75, 3.05) is 24.6 Å². The molecule has 0 aliphatic heterocycles. The summed E-state index contributed by atoms with van der Waals surface area (Å²) in [6.07, 6.45) is 1.43. The molecule has 0 fully saturated rings. The molecule has 0 spiro atoms. The number of nitrogens with zero attached hydrogens (tertiary/aromatic N) is 2. The van der Waals surface area contributed by atoms with Crippen molar-refractivity contribution < 1.29 is 38.2 Å². The molecule has 2 atom stereocenters. The third-order valence-electron chi connectivity index (χ3n) is 7.41. The normalized spacial score (nSPS) is 12.7. The Labute approximate surface area is 277 Å². The van der Waals surface area contributed by atoms with E-state index < -0.39 is 53.4 Å². The number of carbonyl (C=O) groups is 4. The molecule has 47 heavy (non-hydrogen) atoms. The quantitative estimate of drug-likeness (QED) is 0.158. The second-order valence-corrected chi connectivity index (χ2v) is 13.3. The highest BCUT2D eigenvalue weighted by Crippen LogP contribution is 2.41. The molecule has 2 amide bonds. The van der Waals surface area contributed by atoms with Gasteiger partial charge in [-0.05, 0) is 48.2 Å². The summed E-state index contributed by atoms with van der Waals surface area (Å²) in [6, 6.07) is 12.8. The topological polar surface area (TPSA) is 155 Å². The Bertz CT molecular complexity index is 1540. The molecular weight excluding hydrogens is 630 g/mol. The molecular formula is C34H42F2N4O6S. The van der Waals surface area contributed by atoms with E-state index >= 15 is 0 Å². The maximum atomic E-state index is 15.0. The van der Waals surface area contributed by atoms with Gasteiger partial charge in [0.1, 0.15) is 17.7 Å². The van der Waals surface area contributed by atoms with E-state index in [1.165, 1.54) is 0 Å². The fraction of sp³-hybridized carbons (Fsp3) is 0.412. The van der Waals surface area contributed by atoms with E-state index in [0.717, 1.165) is 35.5 Å². The Hall–Kier alpha value is -4.23. The molecule has 0 saturated carbocycles. The van der Waals surface area contributed by atoms with Gasteiger partial charge >= 0.3 is 11.9 Å². The van der Waals surface area contributed by atoms with Crippen LogP contribution in [-0.4, -0.2) is 74.1 Å². The molecule has 13 heteroatoms. The van der Waals surface area contributed by atoms with Gasteiger partial charge in [0, 0.05) is 48.3 Å². The van der Waals surface area contributed by atoms with Gasteiger partial charge in [0.05, 0.1) is 18.2 Å². The highest BCUT2D eigenvalue weighted by Gasteiger charge is 2.37. The summed E-state index contributed by atoms with van der Waals surface area (Å²) in [7, 11) is 0. The van der Waals surface area contributed by atoms with Crippen molar-refractivity contribution in [3.05, 3.63) is 83.7 Å². The van der Waals surface area contributed by atoms with Gasteiger partial charge < -0.3 is 30.7 Å². The molecule has 0 unspecified atom stereocenters. The van der Waals surface area contributed by atoms with E-state index in [9.17, 15) is 33.1 Å². The third kappa shape index (κ3) is 10.9. The Balaban J connectivity index is 1.97. The number of rotatable bonds is 17. The first-order chi connectivity index (χ1) is 22.2. The second kappa shape index (κ2) is 17.1. The number of aliphatic carboxylic acids is 2. The second-order valence-electron chi connectivity index (χ2n) is 12.3. The fourth-order valence-electron chi connectivity index (χ4n) is 5.28. The van der Waals surface area contributed by atoms with Crippen molar-refractivity contribution in [3.8, 4) is 11.1 Å². The van der Waals surface area contributed by atoms with Crippen LogP contribution in [0.15, 0.2) is 60.8 Å². The van der Waals surface area contributed by atoms with Crippen LogP contribution in [0.3, 0.4) is 0 Å². The van der Waals surface area contributed by atoms with Crippen LogP contribution in [0.1, 0.15) is 57.3 Å². The Morgan fingerprint density at radius 1 is 1.02 bits per heavy atom. The molecule has 0 aliphatic rings. The van der Waals surface area contributed by atoms with Crippen molar-refractivity contribution >= 4 is 35.5 Å². The SMILES string of the molecule is CC(C)(C)[C@H](c1cc(-c2cc(F)ccc2F)cn1Cc1ccccc1)N(CCCN)C(=O)CSC[C@H](NC(=O)CCC(=O)O)C(=O)O. The average molecular weight is 673 g/mol. The Kier molecular flexibility index (Phi) is 13.5. The fourth-order valence-corrected chi connectivity index (χ4v) is 6.20. The van der Waals surface area contributed by atoms with Crippen LogP contribution in [0.25, 0.3) is 11.1 Å². The molecule has 1 aromatic heterocycles. The summed E-state index contributed by atoms with van der Waals surface area (Å²) in [5.41, 5.74) is 7.51. The number of nitrogens with two attached hydrogens (primary N) is 1. The zero-order valence-corrected chi connectivity index (χ0v) is 27.6. The van der Waals surface area contributed by atoms with Gasteiger partial charge in [-0.25, -0.2) is 13.6 Å². The van der Waals surface area contributed by atoms with E-state index in [-0.39, 0.29) is 35.9 Å². The monoisotopic (exact) mass is 672 g/mol. The highest BCUT2D eigenvalue weighted by molar-refractivity contribution is 8.00. The van der Waals surface area contributed by atoms with Crippen LogP contribution in [0.5, 0.6) is 0 Å². The molecule has 3 aromatic rings. The van der Waals surface area contributed by atoms with Gasteiger partial charge in [0.25, 0.3) is 0 Å². The van der Waals surface area contributed by atoms with Crippen molar-refractivity contribution in [2.45, 2.75) is 58.7 Å². The smallest absolute Gasteiger partial charge is 0.327 e. The number of nitrogens with one attached hydrogen (secondary N) is 1. The summed E-state index contributed by atoms with van der Waals surface area (Å²) in [5.74, 6) is -4.91. The number of carbonyl (C=O) groups excluding carboxylic acids is 2. The predicted molar refractivity (Wildman–Crippen MR) is 177 cm³/mol. The number of halogens is 2. The average Bonchev–Trinajstić information content (AvgIpc) is 3.40. The van der Waals surface area contributed by atoms with Crippen LogP contribution >= 0.6 is 11.8 Å². The minimum Gasteiger partial charge on any atom is -0.481 e. The van der Waals surface area contributed by atoms with Gasteiger partial charge in [-0.1, -0.05) is 51.1 Å². The summed E-state index contributed by atoms with van der Waals surface area (Å²) in [4.78, 5) is 50.3. The van der Waals surface area contributed by atoms with Gasteiger partial charge in [-0.15, -0.1) is 11.8 Å². The zero-order valence-electron chi connectivity index (χ0n) is 26.7. The molecule has 3 rings (SSSR count). The van der Waals surface area contributed by atoms with Crippen molar-refractivity contribution in [1.29, 1.82) is 0 Å². The van der Waals surface area contributed by atoms with Crippen LogP contribution in [0.2, 0.25) is 0 Å². The van der Waals surface area contributed by atoms with E-state index in [2.05, 4.69) is 5.32 Å². The first kappa shape index (κ1) is 37.2. The van der Waals surface area contributed by atoms with E-state index in [1.54, 1.807) is 17.2 Å². The number of carboxylic acid groups (broad SMARTS) is 2. The van der Waals surface area contributed by atoms with E-state index in [1.807, 2.05) is 55.7 Å². The summed E-state index contributed by atoms with van der Waals surface area (Å²) in [5, 5.41) is 20.7. The standard InChI is InChI=1S/C34H42F2N4O6S/c1-34(2,3)32(40(15-7-14-37)30(42)21-47-20-27(33(45)46)38-29(41)12-13-31(43)44)28-16-23(25-17-24(35)10-11-26(25)36)19-39(28)18-22-8-5-4-6-9-22/h4-6,8-11,16-17,19,27,32H,7,12-15,18,20-21,37H2,1-3H3,(H,38,41)(H,43,44)(H,45,46)/t27-,32-/m0/s1. The lowest BCUT2D eigenvalue weighted by molar-refractivity contribution is -0.141. The number of carboxylic acids is 2. The number of amides is 2. The third-order valence-corrected chi connectivity index (χ3v) is 8.43. The lowest BCUT2D eigenvalue weighted by atomic mass is 9.83. The molecule has 10 nitrogen and oxygen atoms in total. The minimum atomic E-state index is -1.32. The predicted octanol–water partition coefficient (Wildman–Crippen LogP) is 4.91. The molecule has 2 aromatic carbocycles. The van der Waals surface area contributed by atoms with Crippen LogP contribution in [0.4, 0.5) is 8.78 Å². The minimum absolute atomic E-state index is 0.0891. The first-order valence-electron chi connectivity index (χ1n) is 15.2. The number of hydrogen-bond acceptors (Lipinski definition) is 6. The van der Waals surface area contributed by atoms with Gasteiger partial charge in [-0.2, -0.15) is 0 Å². The molecule has 0 bridgehead atoms. The van der Waals surface area contributed by atoms with Crippen molar-refractivity contribution in [3.63, 3.8) is 0 Å².